The highest BCUT2D eigenvalue weighted by Gasteiger charge is 2.30. The summed E-state index contributed by atoms with van der Waals surface area (Å²) in [5.41, 5.74) is 0. The molecule has 2 saturated heterocycles. The Balaban J connectivity index is 1.16. The summed E-state index contributed by atoms with van der Waals surface area (Å²) in [6.07, 6.45) is 3.98. The fraction of sp³-hybridized carbons (Fsp3) is 0.652. The van der Waals surface area contributed by atoms with E-state index in [1.165, 1.54) is 26.4 Å². The summed E-state index contributed by atoms with van der Waals surface area (Å²) < 4.78 is 10.9. The maximum Gasteiger partial charge on any atom is 0.260 e. The Morgan fingerprint density at radius 3 is 2.22 bits per heavy atom. The summed E-state index contributed by atoms with van der Waals surface area (Å²) >= 11 is 5.96. The smallest absolute Gasteiger partial charge is 0.260 e. The number of piperazine rings is 2. The van der Waals surface area contributed by atoms with Crippen LogP contribution in [0.15, 0.2) is 18.2 Å². The zero-order valence-electron chi connectivity index (χ0n) is 18.8. The molecule has 0 atom stereocenters. The Bertz CT molecular complexity index is 803. The summed E-state index contributed by atoms with van der Waals surface area (Å²) in [5.74, 6) is 1.13. The monoisotopic (exact) mass is 464 g/mol. The van der Waals surface area contributed by atoms with Crippen LogP contribution in [0.2, 0.25) is 5.02 Å². The van der Waals surface area contributed by atoms with Crippen LogP contribution in [0.25, 0.3) is 0 Å². The van der Waals surface area contributed by atoms with Crippen molar-refractivity contribution < 1.29 is 19.1 Å². The van der Waals surface area contributed by atoms with Crippen LogP contribution in [-0.4, -0.2) is 110 Å². The Hall–Kier alpha value is -2.03. The van der Waals surface area contributed by atoms with Gasteiger partial charge in [0.2, 0.25) is 5.91 Å². The molecule has 9 heteroatoms. The molecule has 3 aliphatic rings. The van der Waals surface area contributed by atoms with Gasteiger partial charge in [-0.15, -0.1) is 0 Å². The molecule has 2 heterocycles. The number of methoxy groups -OCH3 is 1. The van der Waals surface area contributed by atoms with Gasteiger partial charge in [-0.2, -0.15) is 0 Å². The normalized spacial score (nSPS) is 20.7. The number of amides is 2. The lowest BCUT2D eigenvalue weighted by Gasteiger charge is -2.43. The summed E-state index contributed by atoms with van der Waals surface area (Å²) in [7, 11) is 1.54. The van der Waals surface area contributed by atoms with Crippen LogP contribution < -0.4 is 9.47 Å². The van der Waals surface area contributed by atoms with Crippen molar-refractivity contribution in [2.24, 2.45) is 0 Å². The Labute approximate surface area is 195 Å². The highest BCUT2D eigenvalue weighted by atomic mass is 35.5. The minimum atomic E-state index is -0.0694. The van der Waals surface area contributed by atoms with Crippen LogP contribution in [0, 0.1) is 0 Å². The molecule has 1 aliphatic carbocycles. The second-order valence-electron chi connectivity index (χ2n) is 8.74. The van der Waals surface area contributed by atoms with Gasteiger partial charge >= 0.3 is 0 Å². The van der Waals surface area contributed by atoms with Crippen LogP contribution in [0.1, 0.15) is 19.3 Å². The molecule has 176 valence electrons. The van der Waals surface area contributed by atoms with Gasteiger partial charge in [0.25, 0.3) is 5.91 Å². The molecule has 1 aromatic rings. The molecule has 0 spiro atoms. The first-order valence-corrected chi connectivity index (χ1v) is 11.9. The average Bonchev–Trinajstić information content (AvgIpc) is 2.77. The minimum absolute atomic E-state index is 0.0534. The van der Waals surface area contributed by atoms with Crippen molar-refractivity contribution in [1.29, 1.82) is 0 Å². The Kier molecular flexibility index (Phi) is 7.75. The molecule has 0 bridgehead atoms. The van der Waals surface area contributed by atoms with Crippen molar-refractivity contribution in [2.45, 2.75) is 25.3 Å². The zero-order valence-corrected chi connectivity index (χ0v) is 19.6. The highest BCUT2D eigenvalue weighted by molar-refractivity contribution is 6.30. The number of carbonyl (C=O) groups excluding carboxylic acids is 2. The second kappa shape index (κ2) is 10.7. The third kappa shape index (κ3) is 5.66. The van der Waals surface area contributed by atoms with Crippen molar-refractivity contribution in [1.82, 2.24) is 19.6 Å². The second-order valence-corrected chi connectivity index (χ2v) is 9.18. The van der Waals surface area contributed by atoms with Gasteiger partial charge in [-0.1, -0.05) is 18.0 Å². The summed E-state index contributed by atoms with van der Waals surface area (Å²) in [6, 6.07) is 5.81. The maximum atomic E-state index is 12.7. The van der Waals surface area contributed by atoms with Gasteiger partial charge in [-0.25, -0.2) is 0 Å². The standard InChI is InChI=1S/C23H33ClN4O4/c1-31-21-15-18(24)5-6-20(21)32-17-23(30)28-9-7-25(8-10-28)16-22(29)27-13-11-26(12-14-27)19-3-2-4-19/h5-6,15,19H,2-4,7-14,16-17H2,1H3. The molecule has 1 saturated carbocycles. The first kappa shape index (κ1) is 23.1. The molecule has 2 aliphatic heterocycles. The SMILES string of the molecule is COc1cc(Cl)ccc1OCC(=O)N1CCN(CC(=O)N2CCN(C3CCC3)CC2)CC1. The molecule has 0 aromatic heterocycles. The molecule has 4 rings (SSSR count). The lowest BCUT2D eigenvalue weighted by atomic mass is 9.91. The lowest BCUT2D eigenvalue weighted by Crippen LogP contribution is -2.56. The molecule has 2 amide bonds. The van der Waals surface area contributed by atoms with Gasteiger partial charge in [0.15, 0.2) is 18.1 Å². The number of ether oxygens (including phenoxy) is 2. The first-order valence-electron chi connectivity index (χ1n) is 11.5. The molecule has 0 unspecified atom stereocenters. The summed E-state index contributed by atoms with van der Waals surface area (Å²) in [6.45, 7) is 6.64. The average molecular weight is 465 g/mol. The molecule has 0 N–H and O–H groups in total. The number of hydrogen-bond acceptors (Lipinski definition) is 6. The fourth-order valence-corrected chi connectivity index (χ4v) is 4.69. The van der Waals surface area contributed by atoms with Gasteiger partial charge in [0.05, 0.1) is 13.7 Å². The van der Waals surface area contributed by atoms with Crippen molar-refractivity contribution in [3.8, 4) is 11.5 Å². The number of benzene rings is 1. The van der Waals surface area contributed by atoms with E-state index in [1.54, 1.807) is 23.1 Å². The lowest BCUT2D eigenvalue weighted by molar-refractivity contribution is -0.137. The van der Waals surface area contributed by atoms with E-state index in [4.69, 9.17) is 21.1 Å². The number of rotatable bonds is 7. The first-order chi connectivity index (χ1) is 15.5. The molecule has 3 fully saturated rings. The van der Waals surface area contributed by atoms with Crippen LogP contribution >= 0.6 is 11.6 Å². The van der Waals surface area contributed by atoms with E-state index >= 15 is 0 Å². The maximum absolute atomic E-state index is 12.7. The highest BCUT2D eigenvalue weighted by Crippen LogP contribution is 2.30. The van der Waals surface area contributed by atoms with Gasteiger partial charge in [0, 0.05) is 69.5 Å². The van der Waals surface area contributed by atoms with E-state index in [0.29, 0.717) is 49.2 Å². The molecular weight excluding hydrogens is 432 g/mol. The molecule has 1 aromatic carbocycles. The third-order valence-electron chi connectivity index (χ3n) is 6.82. The largest absolute Gasteiger partial charge is 0.493 e. The number of halogens is 1. The summed E-state index contributed by atoms with van der Waals surface area (Å²) in [4.78, 5) is 33.8. The van der Waals surface area contributed by atoms with E-state index in [2.05, 4.69) is 9.80 Å². The van der Waals surface area contributed by atoms with Crippen LogP contribution in [0.3, 0.4) is 0 Å². The van der Waals surface area contributed by atoms with Crippen LogP contribution in [-0.2, 0) is 9.59 Å². The van der Waals surface area contributed by atoms with Crippen molar-refractivity contribution in [2.75, 3.05) is 72.6 Å². The Morgan fingerprint density at radius 1 is 0.938 bits per heavy atom. The number of carbonyl (C=O) groups is 2. The van der Waals surface area contributed by atoms with Gasteiger partial charge in [0.1, 0.15) is 0 Å². The zero-order chi connectivity index (χ0) is 22.5. The summed E-state index contributed by atoms with van der Waals surface area (Å²) in [5, 5.41) is 0.548. The van der Waals surface area contributed by atoms with Gasteiger partial charge < -0.3 is 19.3 Å². The minimum Gasteiger partial charge on any atom is -0.493 e. The third-order valence-corrected chi connectivity index (χ3v) is 7.05. The van der Waals surface area contributed by atoms with Crippen molar-refractivity contribution in [3.63, 3.8) is 0 Å². The van der Waals surface area contributed by atoms with E-state index in [0.717, 1.165) is 32.2 Å². The van der Waals surface area contributed by atoms with E-state index in [9.17, 15) is 9.59 Å². The van der Waals surface area contributed by atoms with Gasteiger partial charge in [-0.05, 0) is 25.0 Å². The van der Waals surface area contributed by atoms with E-state index in [1.807, 2.05) is 4.90 Å². The predicted octanol–water partition coefficient (Wildman–Crippen LogP) is 1.57. The van der Waals surface area contributed by atoms with Crippen molar-refractivity contribution in [3.05, 3.63) is 23.2 Å². The molecule has 0 radical (unpaired) electrons. The topological polar surface area (TPSA) is 65.6 Å². The van der Waals surface area contributed by atoms with Crippen LogP contribution in [0.5, 0.6) is 11.5 Å². The molecular formula is C23H33ClN4O4. The van der Waals surface area contributed by atoms with E-state index in [-0.39, 0.29) is 18.4 Å². The van der Waals surface area contributed by atoms with Crippen LogP contribution in [0.4, 0.5) is 0 Å². The number of hydrogen-bond donors (Lipinski definition) is 0. The fourth-order valence-electron chi connectivity index (χ4n) is 4.53. The van der Waals surface area contributed by atoms with Crippen molar-refractivity contribution >= 4 is 23.4 Å². The van der Waals surface area contributed by atoms with E-state index < -0.39 is 0 Å². The quantitative estimate of drug-likeness (QED) is 0.610. The molecule has 8 nitrogen and oxygen atoms in total. The van der Waals surface area contributed by atoms with Gasteiger partial charge in [-0.3, -0.25) is 19.4 Å². The number of nitrogens with zero attached hydrogens (tertiary/aromatic N) is 4. The predicted molar refractivity (Wildman–Crippen MR) is 122 cm³/mol. The molecule has 32 heavy (non-hydrogen) atoms. The Morgan fingerprint density at radius 2 is 1.59 bits per heavy atom.